The molecule has 1 aliphatic heterocycles. The first-order valence-electron chi connectivity index (χ1n) is 8.99. The van der Waals surface area contributed by atoms with Crippen molar-refractivity contribution in [3.8, 4) is 11.1 Å². The fourth-order valence-corrected chi connectivity index (χ4v) is 3.28. The van der Waals surface area contributed by atoms with E-state index in [1.165, 1.54) is 0 Å². The zero-order valence-corrected chi connectivity index (χ0v) is 15.4. The van der Waals surface area contributed by atoms with E-state index in [0.29, 0.717) is 31.8 Å². The van der Waals surface area contributed by atoms with Gasteiger partial charge in [-0.15, -0.1) is 0 Å². The van der Waals surface area contributed by atoms with E-state index in [0.717, 1.165) is 11.1 Å². The number of carboxylic acids is 1. The molecule has 0 spiro atoms. The maximum atomic E-state index is 12.8. The Morgan fingerprint density at radius 1 is 1.11 bits per heavy atom. The van der Waals surface area contributed by atoms with Crippen LogP contribution in [0.25, 0.3) is 11.1 Å². The predicted molar refractivity (Wildman–Crippen MR) is 103 cm³/mol. The molecule has 0 radical (unpaired) electrons. The van der Waals surface area contributed by atoms with Gasteiger partial charge >= 0.3 is 5.97 Å². The van der Waals surface area contributed by atoms with E-state index < -0.39 is 5.97 Å². The lowest BCUT2D eigenvalue weighted by atomic mass is 10.0. The number of benzene rings is 2. The molecule has 142 valence electrons. The number of nitrogens with zero attached hydrogens (tertiary/aromatic N) is 2. The molecule has 1 fully saturated rings. The quantitative estimate of drug-likeness (QED) is 0.847. The number of likely N-dealkylation sites (N-methyl/N-ethyl adjacent to an activating group) is 1. The zero-order chi connectivity index (χ0) is 19.2. The SMILES string of the molecule is CN(CC(=O)O)CC1CN(C(=O)c2ccc(-c3ccccc3)cc2)CCO1. The normalized spacial score (nSPS) is 17.1. The van der Waals surface area contributed by atoms with Gasteiger partial charge < -0.3 is 14.7 Å². The topological polar surface area (TPSA) is 70.1 Å². The highest BCUT2D eigenvalue weighted by Crippen LogP contribution is 2.20. The summed E-state index contributed by atoms with van der Waals surface area (Å²) in [4.78, 5) is 27.1. The highest BCUT2D eigenvalue weighted by Gasteiger charge is 2.26. The van der Waals surface area contributed by atoms with Crippen molar-refractivity contribution >= 4 is 11.9 Å². The van der Waals surface area contributed by atoms with Crippen molar-refractivity contribution in [3.05, 3.63) is 60.2 Å². The molecule has 2 aromatic rings. The number of rotatable bonds is 6. The predicted octanol–water partition coefficient (Wildman–Crippen LogP) is 2.21. The first-order valence-corrected chi connectivity index (χ1v) is 8.99. The second-order valence-corrected chi connectivity index (χ2v) is 6.78. The third-order valence-corrected chi connectivity index (χ3v) is 4.59. The van der Waals surface area contributed by atoms with E-state index >= 15 is 0 Å². The van der Waals surface area contributed by atoms with Crippen molar-refractivity contribution in [1.82, 2.24) is 9.80 Å². The van der Waals surface area contributed by atoms with Gasteiger partial charge in [-0.05, 0) is 30.3 Å². The highest BCUT2D eigenvalue weighted by molar-refractivity contribution is 5.94. The van der Waals surface area contributed by atoms with E-state index in [1.54, 1.807) is 16.8 Å². The number of hydrogen-bond donors (Lipinski definition) is 1. The van der Waals surface area contributed by atoms with Gasteiger partial charge in [0.05, 0.1) is 19.3 Å². The van der Waals surface area contributed by atoms with Gasteiger partial charge in [-0.25, -0.2) is 0 Å². The fraction of sp³-hybridized carbons (Fsp3) is 0.333. The van der Waals surface area contributed by atoms with Gasteiger partial charge in [0.1, 0.15) is 0 Å². The summed E-state index contributed by atoms with van der Waals surface area (Å²) in [6, 6.07) is 17.7. The Labute approximate surface area is 159 Å². The molecule has 1 saturated heterocycles. The highest BCUT2D eigenvalue weighted by atomic mass is 16.5. The van der Waals surface area contributed by atoms with Crippen molar-refractivity contribution in [3.63, 3.8) is 0 Å². The van der Waals surface area contributed by atoms with Crippen LogP contribution in [0.15, 0.2) is 54.6 Å². The second kappa shape index (κ2) is 8.79. The molecule has 6 nitrogen and oxygen atoms in total. The lowest BCUT2D eigenvalue weighted by Gasteiger charge is -2.34. The summed E-state index contributed by atoms with van der Waals surface area (Å²) in [6.07, 6.45) is -0.185. The number of morpholine rings is 1. The molecule has 1 heterocycles. The summed E-state index contributed by atoms with van der Waals surface area (Å²) in [5, 5.41) is 8.86. The summed E-state index contributed by atoms with van der Waals surface area (Å²) in [5.74, 6) is -0.899. The molecular formula is C21H24N2O4. The van der Waals surface area contributed by atoms with Crippen LogP contribution in [0, 0.1) is 0 Å². The zero-order valence-electron chi connectivity index (χ0n) is 15.4. The minimum absolute atomic E-state index is 0.0243. The monoisotopic (exact) mass is 368 g/mol. The smallest absolute Gasteiger partial charge is 0.317 e. The minimum Gasteiger partial charge on any atom is -0.480 e. The maximum absolute atomic E-state index is 12.8. The molecule has 0 saturated carbocycles. The Kier molecular flexibility index (Phi) is 6.21. The number of carbonyl (C=O) groups is 2. The summed E-state index contributed by atoms with van der Waals surface area (Å²) in [5.41, 5.74) is 2.83. The van der Waals surface area contributed by atoms with E-state index in [9.17, 15) is 9.59 Å². The van der Waals surface area contributed by atoms with Crippen LogP contribution in [0.5, 0.6) is 0 Å². The van der Waals surface area contributed by atoms with Crippen LogP contribution in [0.1, 0.15) is 10.4 Å². The number of ether oxygens (including phenoxy) is 1. The van der Waals surface area contributed by atoms with Gasteiger partial charge in [-0.2, -0.15) is 0 Å². The van der Waals surface area contributed by atoms with Crippen molar-refractivity contribution in [2.75, 3.05) is 39.8 Å². The van der Waals surface area contributed by atoms with Crippen LogP contribution in [-0.4, -0.2) is 72.7 Å². The number of carbonyl (C=O) groups excluding carboxylic acids is 1. The van der Waals surface area contributed by atoms with Gasteiger partial charge in [0.25, 0.3) is 5.91 Å². The fourth-order valence-electron chi connectivity index (χ4n) is 3.28. The average Bonchev–Trinajstić information content (AvgIpc) is 2.68. The molecule has 27 heavy (non-hydrogen) atoms. The Balaban J connectivity index is 1.62. The molecule has 1 atom stereocenters. The van der Waals surface area contributed by atoms with E-state index in [4.69, 9.17) is 9.84 Å². The second-order valence-electron chi connectivity index (χ2n) is 6.78. The third-order valence-electron chi connectivity index (χ3n) is 4.59. The molecule has 0 bridgehead atoms. The summed E-state index contributed by atoms with van der Waals surface area (Å²) >= 11 is 0. The molecule has 0 aliphatic carbocycles. The number of aliphatic carboxylic acids is 1. The van der Waals surface area contributed by atoms with E-state index in [-0.39, 0.29) is 18.6 Å². The number of amides is 1. The Bertz CT molecular complexity index is 777. The van der Waals surface area contributed by atoms with Gasteiger partial charge in [0, 0.05) is 25.2 Å². The lowest BCUT2D eigenvalue weighted by molar-refractivity contribution is -0.138. The maximum Gasteiger partial charge on any atom is 0.317 e. The van der Waals surface area contributed by atoms with Crippen LogP contribution in [0.4, 0.5) is 0 Å². The minimum atomic E-state index is -0.875. The lowest BCUT2D eigenvalue weighted by Crippen LogP contribution is -2.49. The average molecular weight is 368 g/mol. The molecule has 1 N–H and O–H groups in total. The van der Waals surface area contributed by atoms with Crippen molar-refractivity contribution in [2.24, 2.45) is 0 Å². The van der Waals surface area contributed by atoms with Gasteiger partial charge in [-0.1, -0.05) is 42.5 Å². The van der Waals surface area contributed by atoms with E-state index in [1.807, 2.05) is 54.6 Å². The Morgan fingerprint density at radius 2 is 1.78 bits per heavy atom. The Morgan fingerprint density at radius 3 is 2.44 bits per heavy atom. The molecular weight excluding hydrogens is 344 g/mol. The van der Waals surface area contributed by atoms with Crippen LogP contribution in [0.2, 0.25) is 0 Å². The van der Waals surface area contributed by atoms with Gasteiger partial charge in [-0.3, -0.25) is 14.5 Å². The van der Waals surface area contributed by atoms with Crippen LogP contribution in [0.3, 0.4) is 0 Å². The third kappa shape index (κ3) is 5.15. The molecule has 6 heteroatoms. The van der Waals surface area contributed by atoms with E-state index in [2.05, 4.69) is 0 Å². The standard InChI is InChI=1S/C21H24N2O4/c1-22(15-20(24)25)13-19-14-23(11-12-27-19)21(26)18-9-7-17(8-10-18)16-5-3-2-4-6-16/h2-10,19H,11-15H2,1H3,(H,24,25). The molecule has 2 aromatic carbocycles. The molecule has 1 aliphatic rings. The van der Waals surface area contributed by atoms with Crippen molar-refractivity contribution in [2.45, 2.75) is 6.10 Å². The van der Waals surface area contributed by atoms with Crippen LogP contribution in [-0.2, 0) is 9.53 Å². The first-order chi connectivity index (χ1) is 13.0. The molecule has 3 rings (SSSR count). The van der Waals surface area contributed by atoms with Crippen molar-refractivity contribution < 1.29 is 19.4 Å². The van der Waals surface area contributed by atoms with Crippen LogP contribution >= 0.6 is 0 Å². The Hall–Kier alpha value is -2.70. The van der Waals surface area contributed by atoms with Gasteiger partial charge in [0.2, 0.25) is 0 Å². The molecule has 0 aromatic heterocycles. The van der Waals surface area contributed by atoms with Crippen LogP contribution < -0.4 is 0 Å². The number of hydrogen-bond acceptors (Lipinski definition) is 4. The van der Waals surface area contributed by atoms with Gasteiger partial charge in [0.15, 0.2) is 0 Å². The molecule has 1 amide bonds. The largest absolute Gasteiger partial charge is 0.480 e. The summed E-state index contributed by atoms with van der Waals surface area (Å²) in [7, 11) is 1.74. The summed E-state index contributed by atoms with van der Waals surface area (Å²) < 4.78 is 5.69. The first kappa shape index (κ1) is 19.1. The number of carboxylic acid groups (broad SMARTS) is 1. The summed E-state index contributed by atoms with van der Waals surface area (Å²) in [6.45, 7) is 1.89. The van der Waals surface area contributed by atoms with Crippen molar-refractivity contribution in [1.29, 1.82) is 0 Å². The molecule has 1 unspecified atom stereocenters.